The molecule has 4 unspecified atom stereocenters. The summed E-state index contributed by atoms with van der Waals surface area (Å²) in [6.07, 6.45) is 0.0670. The Morgan fingerprint density at radius 2 is 1.34 bits per heavy atom. The Labute approximate surface area is 197 Å². The number of hydrogen-bond acceptors (Lipinski definition) is 9. The number of carboxylic acids is 2. The second-order valence-corrected chi connectivity index (χ2v) is 7.35. The Bertz CT molecular complexity index is 965. The van der Waals surface area contributed by atoms with Crippen LogP contribution in [0.2, 0.25) is 0 Å². The van der Waals surface area contributed by atoms with Gasteiger partial charge in [-0.3, -0.25) is 28.8 Å². The van der Waals surface area contributed by atoms with Crippen LogP contribution in [0, 0.1) is 0 Å². The topological polar surface area (TPSA) is 303 Å². The molecule has 12 N–H and O–H groups in total. The van der Waals surface area contributed by atoms with Crippen LogP contribution in [0.15, 0.2) is 12.5 Å². The Kier molecular flexibility index (Phi) is 10.8. The first-order valence-corrected chi connectivity index (χ1v) is 9.95. The van der Waals surface area contributed by atoms with Crippen molar-refractivity contribution in [3.05, 3.63) is 18.2 Å². The average molecular weight is 498 g/mol. The molecule has 0 aliphatic rings. The SMILES string of the molecule is NC(=O)CC(N)C(=O)NC(CC(N)=O)C(=O)NC(CC(=O)O)C(=O)NC(Cc1cnc[nH]1)C(=O)O. The lowest BCUT2D eigenvalue weighted by Crippen LogP contribution is -2.58. The van der Waals surface area contributed by atoms with Crippen molar-refractivity contribution in [3.8, 4) is 0 Å². The first kappa shape index (κ1) is 28.5. The fourth-order valence-corrected chi connectivity index (χ4v) is 2.74. The molecule has 0 radical (unpaired) electrons. The predicted molar refractivity (Wildman–Crippen MR) is 114 cm³/mol. The Hall–Kier alpha value is -4.54. The molecule has 0 saturated carbocycles. The molecule has 0 fully saturated rings. The van der Waals surface area contributed by atoms with Crippen molar-refractivity contribution >= 4 is 41.5 Å². The lowest BCUT2D eigenvalue weighted by atomic mass is 10.1. The first-order chi connectivity index (χ1) is 16.3. The number of aliphatic carboxylic acids is 2. The number of rotatable bonds is 15. The van der Waals surface area contributed by atoms with Gasteiger partial charge in [-0.05, 0) is 0 Å². The molecule has 1 aromatic heterocycles. The van der Waals surface area contributed by atoms with E-state index in [1.165, 1.54) is 12.5 Å². The number of aromatic amines is 1. The van der Waals surface area contributed by atoms with Gasteiger partial charge in [-0.15, -0.1) is 0 Å². The highest BCUT2D eigenvalue weighted by atomic mass is 16.4. The van der Waals surface area contributed by atoms with Crippen LogP contribution in [0.1, 0.15) is 25.0 Å². The van der Waals surface area contributed by atoms with E-state index in [1.807, 2.05) is 5.32 Å². The van der Waals surface area contributed by atoms with Crippen LogP contribution in [-0.2, 0) is 40.0 Å². The maximum absolute atomic E-state index is 12.7. The van der Waals surface area contributed by atoms with Crippen LogP contribution >= 0.6 is 0 Å². The number of H-pyrrole nitrogens is 1. The number of nitrogens with zero attached hydrogens (tertiary/aromatic N) is 1. The van der Waals surface area contributed by atoms with E-state index in [-0.39, 0.29) is 6.42 Å². The highest BCUT2D eigenvalue weighted by Gasteiger charge is 2.32. The van der Waals surface area contributed by atoms with E-state index >= 15 is 0 Å². The van der Waals surface area contributed by atoms with Crippen LogP contribution in [0.3, 0.4) is 0 Å². The van der Waals surface area contributed by atoms with Crippen molar-refractivity contribution in [2.45, 2.75) is 49.9 Å². The molecule has 0 aliphatic carbocycles. The summed E-state index contributed by atoms with van der Waals surface area (Å²) in [7, 11) is 0. The molecule has 0 aliphatic heterocycles. The summed E-state index contributed by atoms with van der Waals surface area (Å²) in [4.78, 5) is 88.8. The van der Waals surface area contributed by atoms with Gasteiger partial charge in [-0.2, -0.15) is 0 Å². The van der Waals surface area contributed by atoms with Gasteiger partial charge in [0, 0.05) is 18.3 Å². The molecule has 1 rings (SSSR count). The smallest absolute Gasteiger partial charge is 0.326 e. The molecule has 17 heteroatoms. The number of carbonyl (C=O) groups excluding carboxylic acids is 5. The molecule has 0 bridgehead atoms. The molecule has 192 valence electrons. The summed E-state index contributed by atoms with van der Waals surface area (Å²) in [5.41, 5.74) is 15.9. The fraction of sp³-hybridized carbons (Fsp3) is 0.444. The number of imidazole rings is 1. The standard InChI is InChI=1S/C18H26N8O9/c19-8(2-12(20)27)15(31)24-9(3-13(21)28)16(32)25-10(4-14(29)30)17(33)26-11(18(34)35)1-7-5-22-6-23-7/h5-6,8-11H,1-4,19H2,(H2,20,27)(H2,21,28)(H,22,23)(H,24,31)(H,25,32)(H,26,33)(H,29,30)(H,34,35). The largest absolute Gasteiger partial charge is 0.481 e. The molecule has 35 heavy (non-hydrogen) atoms. The van der Waals surface area contributed by atoms with E-state index < -0.39 is 84.9 Å². The molecule has 1 heterocycles. The summed E-state index contributed by atoms with van der Waals surface area (Å²) in [5.74, 6) is -8.33. The van der Waals surface area contributed by atoms with Gasteiger partial charge in [0.25, 0.3) is 0 Å². The molecule has 4 atom stereocenters. The number of carbonyl (C=O) groups is 7. The second-order valence-electron chi connectivity index (χ2n) is 7.35. The Morgan fingerprint density at radius 3 is 1.80 bits per heavy atom. The van der Waals surface area contributed by atoms with E-state index in [2.05, 4.69) is 20.6 Å². The van der Waals surface area contributed by atoms with Gasteiger partial charge in [0.05, 0.1) is 31.6 Å². The molecule has 17 nitrogen and oxygen atoms in total. The summed E-state index contributed by atoms with van der Waals surface area (Å²) >= 11 is 0. The predicted octanol–water partition coefficient (Wildman–Crippen LogP) is -4.96. The van der Waals surface area contributed by atoms with Gasteiger partial charge >= 0.3 is 11.9 Å². The molecule has 1 aromatic rings. The molecular weight excluding hydrogens is 472 g/mol. The minimum atomic E-state index is -1.80. The maximum atomic E-state index is 12.7. The van der Waals surface area contributed by atoms with Crippen LogP contribution in [-0.4, -0.2) is 85.8 Å². The second kappa shape index (κ2) is 13.2. The van der Waals surface area contributed by atoms with Crippen molar-refractivity contribution in [3.63, 3.8) is 0 Å². The normalized spacial score (nSPS) is 14.0. The Balaban J connectivity index is 3.00. The zero-order valence-corrected chi connectivity index (χ0v) is 18.2. The van der Waals surface area contributed by atoms with Crippen LogP contribution in [0.5, 0.6) is 0 Å². The van der Waals surface area contributed by atoms with Crippen molar-refractivity contribution in [1.82, 2.24) is 25.9 Å². The number of aromatic nitrogens is 2. The minimum absolute atomic E-state index is 0.229. The summed E-state index contributed by atoms with van der Waals surface area (Å²) in [6, 6.07) is -6.46. The zero-order chi connectivity index (χ0) is 26.7. The van der Waals surface area contributed by atoms with E-state index in [9.17, 15) is 38.7 Å². The van der Waals surface area contributed by atoms with Gasteiger partial charge in [0.15, 0.2) is 0 Å². The van der Waals surface area contributed by atoms with E-state index in [1.54, 1.807) is 0 Å². The summed E-state index contributed by atoms with van der Waals surface area (Å²) < 4.78 is 0. The van der Waals surface area contributed by atoms with E-state index in [4.69, 9.17) is 22.3 Å². The minimum Gasteiger partial charge on any atom is -0.481 e. The summed E-state index contributed by atoms with van der Waals surface area (Å²) in [6.45, 7) is 0. The van der Waals surface area contributed by atoms with Gasteiger partial charge in [0.2, 0.25) is 29.5 Å². The lowest BCUT2D eigenvalue weighted by Gasteiger charge is -2.24. The molecule has 0 saturated heterocycles. The van der Waals surface area contributed by atoms with Crippen LogP contribution < -0.4 is 33.2 Å². The van der Waals surface area contributed by atoms with Crippen molar-refractivity contribution in [2.24, 2.45) is 17.2 Å². The third-order valence-corrected chi connectivity index (χ3v) is 4.40. The molecular formula is C18H26N8O9. The quantitative estimate of drug-likeness (QED) is 0.110. The Morgan fingerprint density at radius 1 is 0.829 bits per heavy atom. The van der Waals surface area contributed by atoms with Gasteiger partial charge in [0.1, 0.15) is 18.1 Å². The zero-order valence-electron chi connectivity index (χ0n) is 18.2. The summed E-state index contributed by atoms with van der Waals surface area (Å²) in [5, 5.41) is 24.7. The van der Waals surface area contributed by atoms with E-state index in [0.717, 1.165) is 0 Å². The first-order valence-electron chi connectivity index (χ1n) is 9.95. The fourth-order valence-electron chi connectivity index (χ4n) is 2.74. The number of nitrogens with one attached hydrogen (secondary N) is 4. The highest BCUT2D eigenvalue weighted by Crippen LogP contribution is 2.03. The van der Waals surface area contributed by atoms with E-state index in [0.29, 0.717) is 5.69 Å². The highest BCUT2D eigenvalue weighted by molar-refractivity contribution is 5.97. The van der Waals surface area contributed by atoms with Crippen LogP contribution in [0.4, 0.5) is 0 Å². The number of amides is 5. The molecule has 5 amide bonds. The lowest BCUT2D eigenvalue weighted by molar-refractivity contribution is -0.143. The maximum Gasteiger partial charge on any atom is 0.326 e. The third-order valence-electron chi connectivity index (χ3n) is 4.40. The van der Waals surface area contributed by atoms with Gasteiger partial charge in [-0.1, -0.05) is 0 Å². The third kappa shape index (κ3) is 10.3. The van der Waals surface area contributed by atoms with Crippen LogP contribution in [0.25, 0.3) is 0 Å². The van der Waals surface area contributed by atoms with Gasteiger partial charge in [-0.25, -0.2) is 9.78 Å². The average Bonchev–Trinajstić information content (AvgIpc) is 3.24. The monoisotopic (exact) mass is 498 g/mol. The molecule has 0 aromatic carbocycles. The number of carboxylic acid groups (broad SMARTS) is 2. The number of nitrogens with two attached hydrogens (primary N) is 3. The van der Waals surface area contributed by atoms with Crippen molar-refractivity contribution in [2.75, 3.05) is 0 Å². The molecule has 0 spiro atoms. The van der Waals surface area contributed by atoms with Crippen molar-refractivity contribution in [1.29, 1.82) is 0 Å². The van der Waals surface area contributed by atoms with Gasteiger partial charge < -0.3 is 48.3 Å². The number of hydrogen-bond donors (Lipinski definition) is 9. The van der Waals surface area contributed by atoms with Crippen molar-refractivity contribution < 1.29 is 43.8 Å². The number of primary amides is 2.